The second-order valence-corrected chi connectivity index (χ2v) is 6.07. The number of nitrogens with zero attached hydrogens (tertiary/aromatic N) is 1. The van der Waals surface area contributed by atoms with Crippen LogP contribution in [0.1, 0.15) is 27.4 Å². The van der Waals surface area contributed by atoms with Gasteiger partial charge in [0.2, 0.25) is 0 Å². The maximum Gasteiger partial charge on any atom is 0.287 e. The topological polar surface area (TPSA) is 94.6 Å². The third kappa shape index (κ3) is 4.73. The van der Waals surface area contributed by atoms with E-state index in [1.807, 2.05) is 0 Å². The predicted molar refractivity (Wildman–Crippen MR) is 98.4 cm³/mol. The Labute approximate surface area is 159 Å². The average Bonchev–Trinajstić information content (AvgIpc) is 3.14. The van der Waals surface area contributed by atoms with Crippen molar-refractivity contribution < 1.29 is 23.3 Å². The second-order valence-electron chi connectivity index (χ2n) is 6.07. The Balaban J connectivity index is 1.55. The van der Waals surface area contributed by atoms with Crippen LogP contribution in [0.3, 0.4) is 0 Å². The van der Waals surface area contributed by atoms with Crippen molar-refractivity contribution in [1.82, 2.24) is 5.32 Å². The first-order valence-corrected chi connectivity index (χ1v) is 8.41. The highest BCUT2D eigenvalue weighted by molar-refractivity contribution is 5.91. The number of amides is 1. The smallest absolute Gasteiger partial charge is 0.287 e. The molecule has 0 aliphatic rings. The van der Waals surface area contributed by atoms with Crippen molar-refractivity contribution in [2.45, 2.75) is 20.1 Å². The van der Waals surface area contributed by atoms with Crippen LogP contribution in [-0.2, 0) is 13.2 Å². The Morgan fingerprint density at radius 2 is 1.93 bits per heavy atom. The molecule has 28 heavy (non-hydrogen) atoms. The monoisotopic (exact) mass is 384 g/mol. The lowest BCUT2D eigenvalue weighted by atomic mass is 10.2. The fourth-order valence-corrected chi connectivity index (χ4v) is 2.53. The molecule has 144 valence electrons. The third-order valence-electron chi connectivity index (χ3n) is 4.00. The lowest BCUT2D eigenvalue weighted by Gasteiger charge is -2.06. The van der Waals surface area contributed by atoms with Gasteiger partial charge < -0.3 is 14.5 Å². The van der Waals surface area contributed by atoms with Gasteiger partial charge in [-0.2, -0.15) is 0 Å². The van der Waals surface area contributed by atoms with Crippen molar-refractivity contribution in [3.63, 3.8) is 0 Å². The third-order valence-corrected chi connectivity index (χ3v) is 4.00. The number of ether oxygens (including phenoxy) is 1. The van der Waals surface area contributed by atoms with Gasteiger partial charge in [0.15, 0.2) is 5.76 Å². The summed E-state index contributed by atoms with van der Waals surface area (Å²) in [7, 11) is 0. The number of nitrogens with one attached hydrogen (secondary N) is 1. The molecule has 1 heterocycles. The molecular weight excluding hydrogens is 367 g/mol. The maximum absolute atomic E-state index is 12.9. The van der Waals surface area contributed by atoms with Crippen molar-refractivity contribution >= 4 is 11.6 Å². The molecule has 0 unspecified atom stereocenters. The van der Waals surface area contributed by atoms with Gasteiger partial charge in [0.25, 0.3) is 11.6 Å². The molecule has 1 amide bonds. The molecule has 7 nitrogen and oxygen atoms in total. The molecule has 0 radical (unpaired) electrons. The van der Waals surface area contributed by atoms with Gasteiger partial charge in [0.1, 0.15) is 23.9 Å². The van der Waals surface area contributed by atoms with E-state index in [4.69, 9.17) is 9.15 Å². The maximum atomic E-state index is 12.9. The molecule has 1 N–H and O–H groups in total. The number of nitro benzene ring substituents is 1. The quantitative estimate of drug-likeness (QED) is 0.488. The molecule has 0 saturated carbocycles. The van der Waals surface area contributed by atoms with E-state index in [0.717, 1.165) is 5.56 Å². The van der Waals surface area contributed by atoms with Crippen molar-refractivity contribution in [2.75, 3.05) is 0 Å². The van der Waals surface area contributed by atoms with Gasteiger partial charge in [-0.05, 0) is 48.9 Å². The molecule has 3 aromatic rings. The second kappa shape index (κ2) is 8.34. The molecule has 3 rings (SSSR count). The predicted octanol–water partition coefficient (Wildman–Crippen LogP) is 4.14. The van der Waals surface area contributed by atoms with E-state index in [2.05, 4.69) is 5.32 Å². The van der Waals surface area contributed by atoms with Crippen LogP contribution >= 0.6 is 0 Å². The van der Waals surface area contributed by atoms with Gasteiger partial charge in [0.05, 0.1) is 4.92 Å². The highest BCUT2D eigenvalue weighted by Gasteiger charge is 2.13. The average molecular weight is 384 g/mol. The molecule has 0 bridgehead atoms. The normalized spacial score (nSPS) is 10.5. The van der Waals surface area contributed by atoms with Crippen LogP contribution in [0, 0.1) is 22.9 Å². The van der Waals surface area contributed by atoms with Gasteiger partial charge in [-0.3, -0.25) is 14.9 Å². The van der Waals surface area contributed by atoms with Crippen molar-refractivity contribution in [3.05, 3.63) is 93.2 Å². The van der Waals surface area contributed by atoms with E-state index < -0.39 is 10.8 Å². The summed E-state index contributed by atoms with van der Waals surface area (Å²) < 4.78 is 23.9. The molecule has 0 atom stereocenters. The summed E-state index contributed by atoms with van der Waals surface area (Å²) in [4.78, 5) is 22.5. The number of hydrogen-bond donors (Lipinski definition) is 1. The Hall–Kier alpha value is -3.68. The lowest BCUT2D eigenvalue weighted by Crippen LogP contribution is -2.22. The summed E-state index contributed by atoms with van der Waals surface area (Å²) in [6, 6.07) is 13.4. The highest BCUT2D eigenvalue weighted by Crippen LogP contribution is 2.24. The molecule has 2 aromatic carbocycles. The summed E-state index contributed by atoms with van der Waals surface area (Å²) >= 11 is 0. The Bertz CT molecular complexity index is 998. The van der Waals surface area contributed by atoms with E-state index in [1.54, 1.807) is 31.2 Å². The fraction of sp³-hybridized carbons (Fsp3) is 0.150. The minimum Gasteiger partial charge on any atom is -0.486 e. The van der Waals surface area contributed by atoms with Crippen LogP contribution in [0.25, 0.3) is 0 Å². The van der Waals surface area contributed by atoms with Crippen molar-refractivity contribution in [2.24, 2.45) is 0 Å². The number of nitro groups is 1. The van der Waals surface area contributed by atoms with Gasteiger partial charge in [-0.15, -0.1) is 0 Å². The van der Waals surface area contributed by atoms with Crippen LogP contribution in [0.4, 0.5) is 10.1 Å². The number of halogens is 1. The Morgan fingerprint density at radius 3 is 2.61 bits per heavy atom. The SMILES string of the molecule is Cc1cc(OCc2ccc(C(=O)NCc3ccc(F)cc3)o2)ccc1[N+](=O)[O-]. The number of furan rings is 1. The number of aryl methyl sites for hydroxylation is 1. The minimum atomic E-state index is -0.456. The van der Waals surface area contributed by atoms with Gasteiger partial charge >= 0.3 is 0 Å². The van der Waals surface area contributed by atoms with Crippen LogP contribution in [0.2, 0.25) is 0 Å². The summed E-state index contributed by atoms with van der Waals surface area (Å²) in [6.07, 6.45) is 0. The number of rotatable bonds is 7. The number of benzene rings is 2. The molecule has 1 aromatic heterocycles. The molecule has 0 aliphatic carbocycles. The molecule has 0 saturated heterocycles. The Morgan fingerprint density at radius 1 is 1.18 bits per heavy atom. The van der Waals surface area contributed by atoms with Crippen LogP contribution in [0.15, 0.2) is 59.0 Å². The zero-order valence-electron chi connectivity index (χ0n) is 15.0. The lowest BCUT2D eigenvalue weighted by molar-refractivity contribution is -0.385. The van der Waals surface area contributed by atoms with E-state index >= 15 is 0 Å². The summed E-state index contributed by atoms with van der Waals surface area (Å²) in [5, 5.41) is 13.5. The van der Waals surface area contributed by atoms with Crippen LogP contribution in [0.5, 0.6) is 5.75 Å². The number of hydrogen-bond acceptors (Lipinski definition) is 5. The Kier molecular flexibility index (Phi) is 5.69. The first-order valence-electron chi connectivity index (χ1n) is 8.41. The van der Waals surface area contributed by atoms with E-state index in [-0.39, 0.29) is 30.4 Å². The first kappa shape index (κ1) is 19.1. The molecule has 8 heteroatoms. The molecule has 0 aliphatic heterocycles. The van der Waals surface area contributed by atoms with Gasteiger partial charge in [-0.1, -0.05) is 12.1 Å². The zero-order valence-corrected chi connectivity index (χ0v) is 15.0. The van der Waals surface area contributed by atoms with E-state index in [0.29, 0.717) is 17.1 Å². The van der Waals surface area contributed by atoms with Crippen molar-refractivity contribution in [3.8, 4) is 5.75 Å². The van der Waals surface area contributed by atoms with Gasteiger partial charge in [0, 0.05) is 18.2 Å². The number of carbonyl (C=O) groups is 1. The summed E-state index contributed by atoms with van der Waals surface area (Å²) in [5.74, 6) is 0.279. The van der Waals surface area contributed by atoms with Crippen LogP contribution in [-0.4, -0.2) is 10.8 Å². The minimum absolute atomic E-state index is 0.0189. The van der Waals surface area contributed by atoms with E-state index in [9.17, 15) is 19.3 Å². The summed E-state index contributed by atoms with van der Waals surface area (Å²) in [5.41, 5.74) is 1.27. The van der Waals surface area contributed by atoms with E-state index in [1.165, 1.54) is 30.3 Å². The van der Waals surface area contributed by atoms with Crippen molar-refractivity contribution in [1.29, 1.82) is 0 Å². The zero-order chi connectivity index (χ0) is 20.1. The first-order chi connectivity index (χ1) is 13.4. The van der Waals surface area contributed by atoms with Gasteiger partial charge in [-0.25, -0.2) is 4.39 Å². The highest BCUT2D eigenvalue weighted by atomic mass is 19.1. The molecule has 0 fully saturated rings. The number of carbonyl (C=O) groups excluding carboxylic acids is 1. The molecule has 0 spiro atoms. The largest absolute Gasteiger partial charge is 0.486 e. The van der Waals surface area contributed by atoms with Crippen LogP contribution < -0.4 is 10.1 Å². The standard InChI is InChI=1S/C20H17FN2O5/c1-13-10-16(6-8-18(13)23(25)26)27-12-17-7-9-19(28-17)20(24)22-11-14-2-4-15(21)5-3-14/h2-10H,11-12H2,1H3,(H,22,24). The molecular formula is C20H17FN2O5. The summed E-state index contributed by atoms with van der Waals surface area (Å²) in [6.45, 7) is 1.94. The fourth-order valence-electron chi connectivity index (χ4n) is 2.53.